The highest BCUT2D eigenvalue weighted by atomic mass is 16.5. The second kappa shape index (κ2) is 7.40. The van der Waals surface area contributed by atoms with E-state index >= 15 is 0 Å². The van der Waals surface area contributed by atoms with Crippen LogP contribution in [0.25, 0.3) is 0 Å². The third-order valence-electron chi connectivity index (χ3n) is 2.95. The van der Waals surface area contributed by atoms with Gasteiger partial charge in [-0.05, 0) is 30.2 Å². The number of hydrogen-bond acceptors (Lipinski definition) is 4. The molecule has 0 saturated carbocycles. The molecule has 2 aromatic rings. The van der Waals surface area contributed by atoms with Crippen molar-refractivity contribution < 1.29 is 14.3 Å². The van der Waals surface area contributed by atoms with Gasteiger partial charge in [-0.25, -0.2) is 4.98 Å². The maximum atomic E-state index is 11.7. The van der Waals surface area contributed by atoms with E-state index in [1.54, 1.807) is 36.4 Å². The van der Waals surface area contributed by atoms with Gasteiger partial charge in [0.05, 0.1) is 11.9 Å². The van der Waals surface area contributed by atoms with E-state index < -0.39 is 5.91 Å². The molecule has 0 fully saturated rings. The summed E-state index contributed by atoms with van der Waals surface area (Å²) >= 11 is 0. The summed E-state index contributed by atoms with van der Waals surface area (Å²) in [5.41, 5.74) is 6.19. The summed E-state index contributed by atoms with van der Waals surface area (Å²) < 4.78 is 5.56. The van der Waals surface area contributed by atoms with Gasteiger partial charge in [-0.2, -0.15) is 0 Å². The van der Waals surface area contributed by atoms with Gasteiger partial charge in [-0.15, -0.1) is 0 Å². The Kier molecular flexibility index (Phi) is 5.30. The normalized spacial score (nSPS) is 10.4. The molecule has 3 N–H and O–H groups in total. The molecule has 0 unspecified atom stereocenters. The zero-order valence-corrected chi connectivity index (χ0v) is 13.1. The van der Waals surface area contributed by atoms with Gasteiger partial charge >= 0.3 is 0 Å². The van der Waals surface area contributed by atoms with E-state index in [4.69, 9.17) is 10.5 Å². The van der Waals surface area contributed by atoms with Gasteiger partial charge < -0.3 is 15.8 Å². The SMILES string of the molecule is CC(C)CC(=O)Nc1ccc(Oc2cccc(C(N)=O)c2)nc1. The van der Waals surface area contributed by atoms with Crippen LogP contribution < -0.4 is 15.8 Å². The lowest BCUT2D eigenvalue weighted by molar-refractivity contribution is -0.116. The molecule has 2 amide bonds. The van der Waals surface area contributed by atoms with Crippen molar-refractivity contribution in [3.8, 4) is 11.6 Å². The van der Waals surface area contributed by atoms with E-state index in [0.717, 1.165) is 0 Å². The van der Waals surface area contributed by atoms with E-state index in [2.05, 4.69) is 10.3 Å². The standard InChI is InChI=1S/C17H19N3O3/c1-11(2)8-15(21)20-13-6-7-16(19-10-13)23-14-5-3-4-12(9-14)17(18)22/h3-7,9-11H,8H2,1-2H3,(H2,18,22)(H,20,21). The van der Waals surface area contributed by atoms with Crippen molar-refractivity contribution in [2.24, 2.45) is 11.7 Å². The Morgan fingerprint density at radius 1 is 1.26 bits per heavy atom. The Balaban J connectivity index is 2.01. The highest BCUT2D eigenvalue weighted by Crippen LogP contribution is 2.21. The minimum Gasteiger partial charge on any atom is -0.439 e. The van der Waals surface area contributed by atoms with Crippen LogP contribution in [0.4, 0.5) is 5.69 Å². The monoisotopic (exact) mass is 313 g/mol. The number of nitrogens with two attached hydrogens (primary N) is 1. The summed E-state index contributed by atoms with van der Waals surface area (Å²) in [5, 5.41) is 2.77. The fourth-order valence-corrected chi connectivity index (χ4v) is 1.93. The highest BCUT2D eigenvalue weighted by Gasteiger charge is 2.07. The van der Waals surface area contributed by atoms with E-state index in [1.165, 1.54) is 6.20 Å². The Labute approximate surface area is 134 Å². The molecule has 0 bridgehead atoms. The van der Waals surface area contributed by atoms with Gasteiger partial charge in [0.15, 0.2) is 0 Å². The fourth-order valence-electron chi connectivity index (χ4n) is 1.93. The van der Waals surface area contributed by atoms with Crippen LogP contribution in [0.5, 0.6) is 11.6 Å². The first kappa shape index (κ1) is 16.5. The Morgan fingerprint density at radius 3 is 2.65 bits per heavy atom. The van der Waals surface area contributed by atoms with Crippen LogP contribution in [0.15, 0.2) is 42.6 Å². The molecule has 6 heteroatoms. The molecule has 6 nitrogen and oxygen atoms in total. The lowest BCUT2D eigenvalue weighted by atomic mass is 10.1. The molecular weight excluding hydrogens is 294 g/mol. The van der Waals surface area contributed by atoms with E-state index in [-0.39, 0.29) is 5.91 Å². The number of anilines is 1. The second-order valence-corrected chi connectivity index (χ2v) is 5.53. The predicted molar refractivity (Wildman–Crippen MR) is 87.4 cm³/mol. The van der Waals surface area contributed by atoms with Gasteiger partial charge in [-0.1, -0.05) is 19.9 Å². The predicted octanol–water partition coefficient (Wildman–Crippen LogP) is 2.96. The largest absolute Gasteiger partial charge is 0.439 e. The molecule has 1 aromatic heterocycles. The summed E-state index contributed by atoms with van der Waals surface area (Å²) in [5.74, 6) is 0.540. The smallest absolute Gasteiger partial charge is 0.248 e. The van der Waals surface area contributed by atoms with Crippen molar-refractivity contribution in [2.75, 3.05) is 5.32 Å². The minimum atomic E-state index is -0.522. The molecular formula is C17H19N3O3. The number of amides is 2. The van der Waals surface area contributed by atoms with Crippen molar-refractivity contribution >= 4 is 17.5 Å². The summed E-state index contributed by atoms with van der Waals surface area (Å²) in [4.78, 5) is 27.0. The lowest BCUT2D eigenvalue weighted by Crippen LogP contribution is -2.13. The van der Waals surface area contributed by atoms with Crippen LogP contribution in [0.2, 0.25) is 0 Å². The number of aromatic nitrogens is 1. The molecule has 0 radical (unpaired) electrons. The molecule has 0 spiro atoms. The number of primary amides is 1. The van der Waals surface area contributed by atoms with E-state index in [9.17, 15) is 9.59 Å². The number of ether oxygens (including phenoxy) is 1. The highest BCUT2D eigenvalue weighted by molar-refractivity contribution is 5.93. The molecule has 1 heterocycles. The van der Waals surface area contributed by atoms with Gasteiger partial charge in [0.1, 0.15) is 5.75 Å². The van der Waals surface area contributed by atoms with Gasteiger partial charge in [0, 0.05) is 18.1 Å². The average molecular weight is 313 g/mol. The fraction of sp³-hybridized carbons (Fsp3) is 0.235. The van der Waals surface area contributed by atoms with Crippen LogP contribution in [-0.2, 0) is 4.79 Å². The molecule has 23 heavy (non-hydrogen) atoms. The second-order valence-electron chi connectivity index (χ2n) is 5.53. The minimum absolute atomic E-state index is 0.0513. The van der Waals surface area contributed by atoms with Crippen LogP contribution in [0.1, 0.15) is 30.6 Å². The first-order chi connectivity index (χ1) is 10.9. The third kappa shape index (κ3) is 5.10. The van der Waals surface area contributed by atoms with Crippen LogP contribution >= 0.6 is 0 Å². The van der Waals surface area contributed by atoms with Gasteiger partial charge in [0.25, 0.3) is 0 Å². The number of pyridine rings is 1. The van der Waals surface area contributed by atoms with Crippen LogP contribution in [0, 0.1) is 5.92 Å². The molecule has 0 aliphatic heterocycles. The van der Waals surface area contributed by atoms with Crippen molar-refractivity contribution in [2.45, 2.75) is 20.3 Å². The first-order valence-corrected chi connectivity index (χ1v) is 7.27. The molecule has 1 aromatic carbocycles. The summed E-state index contributed by atoms with van der Waals surface area (Å²) in [6.45, 7) is 3.96. The van der Waals surface area contributed by atoms with Crippen molar-refractivity contribution in [3.05, 3.63) is 48.2 Å². The average Bonchev–Trinajstić information content (AvgIpc) is 2.48. The number of hydrogen-bond donors (Lipinski definition) is 2. The third-order valence-corrected chi connectivity index (χ3v) is 2.95. The molecule has 120 valence electrons. The lowest BCUT2D eigenvalue weighted by Gasteiger charge is -2.08. The zero-order chi connectivity index (χ0) is 16.8. The van der Waals surface area contributed by atoms with Crippen LogP contribution in [0.3, 0.4) is 0 Å². The summed E-state index contributed by atoms with van der Waals surface area (Å²) in [6, 6.07) is 9.88. The number of carbonyl (C=O) groups is 2. The Bertz CT molecular complexity index is 696. The van der Waals surface area contributed by atoms with Crippen molar-refractivity contribution in [3.63, 3.8) is 0 Å². The number of carbonyl (C=O) groups excluding carboxylic acids is 2. The van der Waals surface area contributed by atoms with Gasteiger partial charge in [0.2, 0.25) is 17.7 Å². The molecule has 0 aliphatic rings. The van der Waals surface area contributed by atoms with Gasteiger partial charge in [-0.3, -0.25) is 9.59 Å². The van der Waals surface area contributed by atoms with Crippen molar-refractivity contribution in [1.29, 1.82) is 0 Å². The first-order valence-electron chi connectivity index (χ1n) is 7.27. The molecule has 0 aliphatic carbocycles. The number of rotatable bonds is 6. The zero-order valence-electron chi connectivity index (χ0n) is 13.1. The molecule has 2 rings (SSSR count). The summed E-state index contributed by atoms with van der Waals surface area (Å²) in [6.07, 6.45) is 1.98. The topological polar surface area (TPSA) is 94.3 Å². The quantitative estimate of drug-likeness (QED) is 0.857. The Morgan fingerprint density at radius 2 is 2.04 bits per heavy atom. The van der Waals surface area contributed by atoms with E-state index in [0.29, 0.717) is 35.2 Å². The maximum Gasteiger partial charge on any atom is 0.248 e. The molecule has 0 atom stereocenters. The number of benzene rings is 1. The van der Waals surface area contributed by atoms with Crippen molar-refractivity contribution in [1.82, 2.24) is 4.98 Å². The summed E-state index contributed by atoms with van der Waals surface area (Å²) in [7, 11) is 0. The number of nitrogens with zero attached hydrogens (tertiary/aromatic N) is 1. The van der Waals surface area contributed by atoms with Crippen LogP contribution in [-0.4, -0.2) is 16.8 Å². The van der Waals surface area contributed by atoms with E-state index in [1.807, 2.05) is 13.8 Å². The number of nitrogens with one attached hydrogen (secondary N) is 1. The Hall–Kier alpha value is -2.89. The maximum absolute atomic E-state index is 11.7. The molecule has 0 saturated heterocycles.